The van der Waals surface area contributed by atoms with Gasteiger partial charge in [0.1, 0.15) is 37.9 Å². The van der Waals surface area contributed by atoms with Crippen LogP contribution in [0.4, 0.5) is 0 Å². The van der Waals surface area contributed by atoms with Gasteiger partial charge in [0, 0.05) is 13.0 Å². The van der Waals surface area contributed by atoms with Crippen LogP contribution in [-0.2, 0) is 32.7 Å². The first-order valence-corrected chi connectivity index (χ1v) is 20.4. The van der Waals surface area contributed by atoms with Crippen LogP contribution in [0.25, 0.3) is 0 Å². The van der Waals surface area contributed by atoms with Crippen molar-refractivity contribution in [3.63, 3.8) is 0 Å². The lowest BCUT2D eigenvalue weighted by molar-refractivity contribution is 0.0957. The lowest BCUT2D eigenvalue weighted by atomic mass is 9.76. The molecule has 1 aliphatic heterocycles. The number of fused-ring (bicyclic) bond motifs is 1. The number of hydrogen-bond acceptors (Lipinski definition) is 6. The Bertz CT molecular complexity index is 2180. The smallest absolute Gasteiger partial charge is 0.172 e. The minimum absolute atomic E-state index is 0.0145. The summed E-state index contributed by atoms with van der Waals surface area (Å²) in [5, 5.41) is 0. The minimum atomic E-state index is 0.0145. The molecule has 8 rings (SSSR count). The Balaban J connectivity index is 1.08. The standard InChI is InChI=1S/C51H51NO5/c53-48-33-43(42-21-25-46(26-22-42)55-35-39-13-5-1-6-14-39)32-47-44(31-38-19-23-45(24-20-38)54-30-29-52-27-11-4-12-28-52)34-49(56-36-40-15-7-2-8-16-40)51(50(47)48)57-37-41-17-9-3-10-18-41/h1-3,5-10,13-26,34,43H,4,11-12,27-33,35-37H2. The van der Waals surface area contributed by atoms with Crippen molar-refractivity contribution in [3.05, 3.63) is 190 Å². The van der Waals surface area contributed by atoms with E-state index >= 15 is 0 Å². The molecule has 0 saturated carbocycles. The second-order valence-corrected chi connectivity index (χ2v) is 15.2. The quantitative estimate of drug-likeness (QED) is 0.0980. The Morgan fingerprint density at radius 2 is 1.11 bits per heavy atom. The Morgan fingerprint density at radius 1 is 0.544 bits per heavy atom. The van der Waals surface area contributed by atoms with Crippen molar-refractivity contribution >= 4 is 5.78 Å². The van der Waals surface area contributed by atoms with E-state index in [1.54, 1.807) is 0 Å². The molecule has 6 aromatic rings. The Hall–Kier alpha value is -5.85. The second-order valence-electron chi connectivity index (χ2n) is 15.2. The number of likely N-dealkylation sites (tertiary alicyclic amines) is 1. The minimum Gasteiger partial charge on any atom is -0.492 e. The summed E-state index contributed by atoms with van der Waals surface area (Å²) in [5.74, 6) is 2.88. The van der Waals surface area contributed by atoms with Crippen LogP contribution in [0, 0.1) is 0 Å². The van der Waals surface area contributed by atoms with E-state index in [4.69, 9.17) is 18.9 Å². The van der Waals surface area contributed by atoms with Gasteiger partial charge in [-0.05, 0) is 114 Å². The molecule has 0 amide bonds. The first-order valence-electron chi connectivity index (χ1n) is 20.4. The maximum Gasteiger partial charge on any atom is 0.172 e. The van der Waals surface area contributed by atoms with Crippen molar-refractivity contribution in [1.29, 1.82) is 0 Å². The van der Waals surface area contributed by atoms with Crippen LogP contribution >= 0.6 is 0 Å². The average Bonchev–Trinajstić information content (AvgIpc) is 3.27. The van der Waals surface area contributed by atoms with Gasteiger partial charge in [0.15, 0.2) is 17.3 Å². The SMILES string of the molecule is O=C1CC(c2ccc(OCc3ccccc3)cc2)Cc2c(Cc3ccc(OCCN4CCCCC4)cc3)cc(OCc3ccccc3)c(OCc3ccccc3)c21. The normalized spacial score (nSPS) is 15.4. The maximum absolute atomic E-state index is 14.5. The van der Waals surface area contributed by atoms with Crippen LogP contribution in [0.15, 0.2) is 146 Å². The van der Waals surface area contributed by atoms with Crippen molar-refractivity contribution in [1.82, 2.24) is 4.90 Å². The number of nitrogens with zero attached hydrogens (tertiary/aromatic N) is 1. The predicted octanol–water partition coefficient (Wildman–Crippen LogP) is 10.8. The van der Waals surface area contributed by atoms with Crippen LogP contribution in [-0.4, -0.2) is 36.9 Å². The summed E-state index contributed by atoms with van der Waals surface area (Å²) in [6.45, 7) is 5.16. The summed E-state index contributed by atoms with van der Waals surface area (Å²) >= 11 is 0. The van der Waals surface area contributed by atoms with E-state index in [0.717, 1.165) is 70.1 Å². The van der Waals surface area contributed by atoms with Crippen molar-refractivity contribution in [2.75, 3.05) is 26.2 Å². The van der Waals surface area contributed by atoms with E-state index < -0.39 is 0 Å². The van der Waals surface area contributed by atoms with Crippen LogP contribution < -0.4 is 18.9 Å². The molecule has 0 spiro atoms. The molecule has 1 unspecified atom stereocenters. The molecule has 0 N–H and O–H groups in total. The number of piperidine rings is 1. The van der Waals surface area contributed by atoms with Gasteiger partial charge in [0.05, 0.1) is 5.56 Å². The number of ether oxygens (including phenoxy) is 4. The number of benzene rings is 6. The van der Waals surface area contributed by atoms with Gasteiger partial charge >= 0.3 is 0 Å². The predicted molar refractivity (Wildman–Crippen MR) is 226 cm³/mol. The van der Waals surface area contributed by atoms with E-state index in [1.165, 1.54) is 19.3 Å². The van der Waals surface area contributed by atoms with Crippen molar-refractivity contribution in [3.8, 4) is 23.0 Å². The molecule has 1 saturated heterocycles. The number of hydrogen-bond donors (Lipinski definition) is 0. The van der Waals surface area contributed by atoms with Crippen LogP contribution in [0.5, 0.6) is 23.0 Å². The molecule has 1 heterocycles. The zero-order valence-electron chi connectivity index (χ0n) is 32.6. The van der Waals surface area contributed by atoms with Gasteiger partial charge < -0.3 is 18.9 Å². The van der Waals surface area contributed by atoms with Gasteiger partial charge in [-0.25, -0.2) is 0 Å². The fourth-order valence-electron chi connectivity index (χ4n) is 7.99. The van der Waals surface area contributed by atoms with Crippen LogP contribution in [0.1, 0.15) is 80.9 Å². The lowest BCUT2D eigenvalue weighted by Gasteiger charge is -2.29. The molecule has 6 aromatic carbocycles. The summed E-state index contributed by atoms with van der Waals surface area (Å²) in [7, 11) is 0. The summed E-state index contributed by atoms with van der Waals surface area (Å²) in [6.07, 6.45) is 5.62. The third kappa shape index (κ3) is 10.1. The highest BCUT2D eigenvalue weighted by molar-refractivity contribution is 6.03. The van der Waals surface area contributed by atoms with Gasteiger partial charge in [0.2, 0.25) is 0 Å². The molecule has 1 fully saturated rings. The van der Waals surface area contributed by atoms with E-state index in [9.17, 15) is 4.79 Å². The molecule has 57 heavy (non-hydrogen) atoms. The molecule has 290 valence electrons. The zero-order chi connectivity index (χ0) is 38.7. The fraction of sp³-hybridized carbons (Fsp3) is 0.275. The van der Waals surface area contributed by atoms with Gasteiger partial charge in [0.25, 0.3) is 0 Å². The number of rotatable bonds is 16. The van der Waals surface area contributed by atoms with Crippen molar-refractivity contribution in [2.45, 2.75) is 64.3 Å². The highest BCUT2D eigenvalue weighted by Crippen LogP contribution is 2.45. The highest BCUT2D eigenvalue weighted by atomic mass is 16.5. The monoisotopic (exact) mass is 757 g/mol. The number of Topliss-reactive ketones (excluding diaryl/α,β-unsaturated/α-hetero) is 1. The lowest BCUT2D eigenvalue weighted by Crippen LogP contribution is -2.33. The third-order valence-electron chi connectivity index (χ3n) is 11.1. The van der Waals surface area contributed by atoms with Gasteiger partial charge in [-0.1, -0.05) is 122 Å². The summed E-state index contributed by atoms with van der Waals surface area (Å²) in [6, 6.07) is 49.2. The first-order chi connectivity index (χ1) is 28.1. The largest absolute Gasteiger partial charge is 0.492 e. The number of ketones is 1. The molecular weight excluding hydrogens is 707 g/mol. The molecular formula is C51H51NO5. The van der Waals surface area contributed by atoms with Crippen LogP contribution in [0.2, 0.25) is 0 Å². The molecule has 1 atom stereocenters. The third-order valence-corrected chi connectivity index (χ3v) is 11.1. The molecule has 6 heteroatoms. The zero-order valence-corrected chi connectivity index (χ0v) is 32.6. The Morgan fingerprint density at radius 3 is 1.74 bits per heavy atom. The highest BCUT2D eigenvalue weighted by Gasteiger charge is 2.33. The fourth-order valence-corrected chi connectivity index (χ4v) is 7.99. The number of carbonyl (C=O) groups excluding carboxylic acids is 1. The Labute approximate surface area is 337 Å². The Kier molecular flexibility index (Phi) is 12.6. The topological polar surface area (TPSA) is 57.2 Å². The van der Waals surface area contributed by atoms with E-state index in [-0.39, 0.29) is 11.7 Å². The second kappa shape index (κ2) is 18.9. The molecule has 0 radical (unpaired) electrons. The van der Waals surface area contributed by atoms with Crippen molar-refractivity contribution < 1.29 is 23.7 Å². The number of carbonyl (C=O) groups is 1. The molecule has 0 aromatic heterocycles. The van der Waals surface area contributed by atoms with Gasteiger partial charge in [-0.3, -0.25) is 9.69 Å². The molecule has 6 nitrogen and oxygen atoms in total. The molecule has 0 bridgehead atoms. The maximum atomic E-state index is 14.5. The molecule has 1 aliphatic carbocycles. The van der Waals surface area contributed by atoms with Gasteiger partial charge in [-0.15, -0.1) is 0 Å². The summed E-state index contributed by atoms with van der Waals surface area (Å²) < 4.78 is 25.5. The summed E-state index contributed by atoms with van der Waals surface area (Å²) in [5.41, 5.74) is 8.19. The first kappa shape index (κ1) is 38.0. The van der Waals surface area contributed by atoms with Crippen molar-refractivity contribution in [2.24, 2.45) is 0 Å². The average molecular weight is 758 g/mol. The van der Waals surface area contributed by atoms with Crippen LogP contribution in [0.3, 0.4) is 0 Å². The van der Waals surface area contributed by atoms with E-state index in [2.05, 4.69) is 59.5 Å². The van der Waals surface area contributed by atoms with Gasteiger partial charge in [-0.2, -0.15) is 0 Å². The summed E-state index contributed by atoms with van der Waals surface area (Å²) in [4.78, 5) is 17.0. The van der Waals surface area contributed by atoms with E-state index in [0.29, 0.717) is 62.8 Å². The van der Waals surface area contributed by atoms with E-state index in [1.807, 2.05) is 91.0 Å². The molecule has 2 aliphatic rings.